The van der Waals surface area contributed by atoms with Gasteiger partial charge in [-0.05, 0) is 69.6 Å². The highest BCUT2D eigenvalue weighted by atomic mass is 19.1. The number of carbonyl (C=O) groups excluding carboxylic acids is 1. The van der Waals surface area contributed by atoms with Crippen LogP contribution in [0, 0.1) is 11.8 Å². The van der Waals surface area contributed by atoms with Crippen molar-refractivity contribution in [2.75, 3.05) is 18.1 Å². The molecule has 3 rings (SSSR count). The van der Waals surface area contributed by atoms with E-state index in [9.17, 15) is 14.3 Å². The Morgan fingerprint density at radius 3 is 2.50 bits per heavy atom. The van der Waals surface area contributed by atoms with Gasteiger partial charge in [-0.25, -0.2) is 4.39 Å². The Morgan fingerprint density at radius 2 is 1.89 bits per heavy atom. The van der Waals surface area contributed by atoms with Gasteiger partial charge in [0.05, 0.1) is 12.2 Å². The Morgan fingerprint density at radius 1 is 1.18 bits per heavy atom. The molecule has 1 aromatic rings. The maximum Gasteiger partial charge on any atom is 0.226 e. The highest BCUT2D eigenvalue weighted by molar-refractivity contribution is 5.93. The molecule has 0 bridgehead atoms. The number of hydrogen-bond donors (Lipinski definition) is 1. The van der Waals surface area contributed by atoms with Crippen molar-refractivity contribution in [2.24, 2.45) is 11.8 Å². The third-order valence-electron chi connectivity index (χ3n) is 6.40. The summed E-state index contributed by atoms with van der Waals surface area (Å²) in [4.78, 5) is 13.9. The fourth-order valence-corrected chi connectivity index (χ4v) is 5.01. The Labute approximate surface area is 168 Å². The van der Waals surface area contributed by atoms with E-state index >= 15 is 0 Å². The largest absolute Gasteiger partial charge is 0.396 e. The number of benzene rings is 1. The van der Waals surface area contributed by atoms with Crippen LogP contribution in [0.4, 0.5) is 10.1 Å². The number of anilines is 1. The van der Waals surface area contributed by atoms with Crippen molar-refractivity contribution in [1.82, 2.24) is 0 Å². The Balaban J connectivity index is 1.60. The quantitative estimate of drug-likeness (QED) is 0.754. The van der Waals surface area contributed by atoms with Crippen LogP contribution in [0.25, 0.3) is 0 Å². The molecule has 1 aromatic carbocycles. The average molecular weight is 392 g/mol. The average Bonchev–Trinajstić information content (AvgIpc) is 2.97. The lowest BCUT2D eigenvalue weighted by Gasteiger charge is -2.30. The molecule has 0 unspecified atom stereocenters. The minimum absolute atomic E-state index is 0.0000706. The lowest BCUT2D eigenvalue weighted by molar-refractivity contribution is -0.119. The predicted octanol–water partition coefficient (Wildman–Crippen LogP) is 4.29. The van der Waals surface area contributed by atoms with Gasteiger partial charge in [-0.2, -0.15) is 0 Å². The van der Waals surface area contributed by atoms with E-state index < -0.39 is 5.67 Å². The van der Waals surface area contributed by atoms with Gasteiger partial charge in [-0.1, -0.05) is 19.1 Å². The first-order valence-electron chi connectivity index (χ1n) is 10.7. The molecule has 0 saturated carbocycles. The first-order chi connectivity index (χ1) is 13.3. The standard InChI is InChI=1S/C23H34FNO3/c1-16-19(28-20(13-15-26)22(16)23(2,3)24)12-9-17-7-10-18(11-8-17)25-14-5-4-6-21(25)27/h7-8,10-11,16,19-20,22,26H,4-6,9,12-15H2,1-3H3/t16-,19+,20-,22+/m0/s1. The van der Waals surface area contributed by atoms with E-state index in [4.69, 9.17) is 4.74 Å². The lowest BCUT2D eigenvalue weighted by atomic mass is 9.77. The SMILES string of the molecule is C[C@@H]1[C@@H](C(C)(C)F)[C@H](CCO)O[C@@H]1CCc1ccc(N2CCCCC2=O)cc1. The van der Waals surface area contributed by atoms with Crippen molar-refractivity contribution in [3.63, 3.8) is 0 Å². The van der Waals surface area contributed by atoms with E-state index in [0.29, 0.717) is 12.8 Å². The maximum atomic E-state index is 14.7. The van der Waals surface area contributed by atoms with Crippen molar-refractivity contribution >= 4 is 11.6 Å². The van der Waals surface area contributed by atoms with Gasteiger partial charge in [0, 0.05) is 31.2 Å². The van der Waals surface area contributed by atoms with Crippen LogP contribution in [-0.4, -0.2) is 42.0 Å². The number of carbonyl (C=O) groups is 1. The summed E-state index contributed by atoms with van der Waals surface area (Å²) in [7, 11) is 0. The minimum atomic E-state index is -1.32. The predicted molar refractivity (Wildman–Crippen MR) is 109 cm³/mol. The fraction of sp³-hybridized carbons (Fsp3) is 0.696. The Bertz CT molecular complexity index is 655. The van der Waals surface area contributed by atoms with Crippen molar-refractivity contribution < 1.29 is 19.0 Å². The molecular formula is C23H34FNO3. The summed E-state index contributed by atoms with van der Waals surface area (Å²) in [5.41, 5.74) is 0.850. The van der Waals surface area contributed by atoms with Gasteiger partial charge in [0.2, 0.25) is 5.91 Å². The smallest absolute Gasteiger partial charge is 0.226 e. The summed E-state index contributed by atoms with van der Waals surface area (Å²) in [5.74, 6) is 0.126. The number of nitrogens with zero attached hydrogens (tertiary/aromatic N) is 1. The maximum absolute atomic E-state index is 14.7. The molecule has 4 atom stereocenters. The minimum Gasteiger partial charge on any atom is -0.396 e. The molecule has 2 aliphatic rings. The number of halogens is 1. The van der Waals surface area contributed by atoms with E-state index in [1.165, 1.54) is 5.56 Å². The van der Waals surface area contributed by atoms with Crippen LogP contribution in [0.3, 0.4) is 0 Å². The molecule has 2 fully saturated rings. The van der Waals surface area contributed by atoms with E-state index in [2.05, 4.69) is 19.1 Å². The van der Waals surface area contributed by atoms with Crippen molar-refractivity contribution in [3.05, 3.63) is 29.8 Å². The molecule has 0 radical (unpaired) electrons. The lowest BCUT2D eigenvalue weighted by Crippen LogP contribution is -2.37. The fourth-order valence-electron chi connectivity index (χ4n) is 5.01. The second kappa shape index (κ2) is 8.91. The van der Waals surface area contributed by atoms with Crippen LogP contribution in [0.1, 0.15) is 58.4 Å². The summed E-state index contributed by atoms with van der Waals surface area (Å²) < 4.78 is 20.9. The first-order valence-corrected chi connectivity index (χ1v) is 10.7. The molecule has 156 valence electrons. The number of amides is 1. The van der Waals surface area contributed by atoms with E-state index in [1.807, 2.05) is 17.0 Å². The number of ether oxygens (including phenoxy) is 1. The first kappa shape index (κ1) is 21.3. The summed E-state index contributed by atoms with van der Waals surface area (Å²) in [6.07, 6.45) is 4.63. The third-order valence-corrected chi connectivity index (χ3v) is 6.40. The highest BCUT2D eigenvalue weighted by Gasteiger charge is 2.48. The Kier molecular flexibility index (Phi) is 6.77. The monoisotopic (exact) mass is 391 g/mol. The normalized spacial score (nSPS) is 28.8. The van der Waals surface area contributed by atoms with E-state index in [-0.39, 0.29) is 36.6 Å². The molecule has 1 N–H and O–H groups in total. The summed E-state index contributed by atoms with van der Waals surface area (Å²) >= 11 is 0. The molecule has 0 aromatic heterocycles. The highest BCUT2D eigenvalue weighted by Crippen LogP contribution is 2.43. The van der Waals surface area contributed by atoms with E-state index in [1.54, 1.807) is 13.8 Å². The topological polar surface area (TPSA) is 49.8 Å². The molecule has 5 heteroatoms. The molecule has 2 heterocycles. The van der Waals surface area contributed by atoms with Gasteiger partial charge in [0.1, 0.15) is 5.67 Å². The molecular weight excluding hydrogens is 357 g/mol. The summed E-state index contributed by atoms with van der Waals surface area (Å²) in [5, 5.41) is 9.31. The zero-order valence-electron chi connectivity index (χ0n) is 17.4. The second-order valence-electron chi connectivity index (χ2n) is 8.88. The number of hydrogen-bond acceptors (Lipinski definition) is 3. The molecule has 0 aliphatic carbocycles. The van der Waals surface area contributed by atoms with Gasteiger partial charge in [0.25, 0.3) is 0 Å². The summed E-state index contributed by atoms with van der Waals surface area (Å²) in [6, 6.07) is 8.22. The number of piperidine rings is 1. The van der Waals surface area contributed by atoms with Crippen LogP contribution < -0.4 is 4.90 Å². The van der Waals surface area contributed by atoms with Crippen molar-refractivity contribution in [1.29, 1.82) is 0 Å². The zero-order valence-corrected chi connectivity index (χ0v) is 17.4. The molecule has 28 heavy (non-hydrogen) atoms. The second-order valence-corrected chi connectivity index (χ2v) is 8.88. The van der Waals surface area contributed by atoms with Gasteiger partial charge in [0.15, 0.2) is 0 Å². The zero-order chi connectivity index (χ0) is 20.3. The number of rotatable bonds is 7. The van der Waals surface area contributed by atoms with Gasteiger partial charge in [-0.3, -0.25) is 4.79 Å². The summed E-state index contributed by atoms with van der Waals surface area (Å²) in [6.45, 7) is 6.13. The number of aliphatic hydroxyl groups excluding tert-OH is 1. The van der Waals surface area contributed by atoms with Crippen LogP contribution in [0.2, 0.25) is 0 Å². The van der Waals surface area contributed by atoms with Crippen LogP contribution >= 0.6 is 0 Å². The van der Waals surface area contributed by atoms with Crippen molar-refractivity contribution in [2.45, 2.75) is 77.2 Å². The molecule has 4 nitrogen and oxygen atoms in total. The third kappa shape index (κ3) is 4.74. The number of alkyl halides is 1. The van der Waals surface area contributed by atoms with Gasteiger partial charge in [-0.15, -0.1) is 0 Å². The van der Waals surface area contributed by atoms with Gasteiger partial charge >= 0.3 is 0 Å². The molecule has 2 aliphatic heterocycles. The van der Waals surface area contributed by atoms with Crippen molar-refractivity contribution in [3.8, 4) is 0 Å². The van der Waals surface area contributed by atoms with Crippen LogP contribution in [-0.2, 0) is 16.0 Å². The Hall–Kier alpha value is -1.46. The number of aliphatic hydroxyl groups is 1. The van der Waals surface area contributed by atoms with Crippen LogP contribution in [0.15, 0.2) is 24.3 Å². The molecule has 0 spiro atoms. The van der Waals surface area contributed by atoms with Gasteiger partial charge < -0.3 is 14.7 Å². The molecule has 2 saturated heterocycles. The van der Waals surface area contributed by atoms with E-state index in [0.717, 1.165) is 37.9 Å². The molecule has 1 amide bonds. The van der Waals surface area contributed by atoms with Crippen LogP contribution in [0.5, 0.6) is 0 Å². The number of aryl methyl sites for hydroxylation is 1.